The van der Waals surface area contributed by atoms with E-state index in [0.29, 0.717) is 6.61 Å². The summed E-state index contributed by atoms with van der Waals surface area (Å²) in [5.41, 5.74) is 0.0705. The van der Waals surface area contributed by atoms with Crippen molar-refractivity contribution in [1.29, 1.82) is 0 Å². The SMILES string of the molecule is O=C(O)c1cc(Cl)nc(OCCc2cccs2)c1. The lowest BCUT2D eigenvalue weighted by atomic mass is 10.3. The number of rotatable bonds is 5. The van der Waals surface area contributed by atoms with Crippen molar-refractivity contribution in [2.75, 3.05) is 6.61 Å². The molecule has 0 aliphatic carbocycles. The van der Waals surface area contributed by atoms with Crippen molar-refractivity contribution in [3.8, 4) is 5.88 Å². The molecule has 0 atom stereocenters. The second-order valence-electron chi connectivity index (χ2n) is 3.50. The molecule has 2 rings (SSSR count). The van der Waals surface area contributed by atoms with Gasteiger partial charge in [0.25, 0.3) is 0 Å². The molecule has 1 N–H and O–H groups in total. The molecular weight excluding hydrogens is 274 g/mol. The van der Waals surface area contributed by atoms with Gasteiger partial charge in [0.2, 0.25) is 5.88 Å². The Hall–Kier alpha value is -1.59. The number of aromatic carboxylic acids is 1. The Bertz CT molecular complexity index is 542. The molecule has 4 nitrogen and oxygen atoms in total. The molecule has 0 fully saturated rings. The summed E-state index contributed by atoms with van der Waals surface area (Å²) in [6.45, 7) is 0.437. The minimum absolute atomic E-state index is 0.0705. The molecule has 0 aliphatic heterocycles. The zero-order valence-corrected chi connectivity index (χ0v) is 10.9. The lowest BCUT2D eigenvalue weighted by Gasteiger charge is -2.05. The van der Waals surface area contributed by atoms with Gasteiger partial charge in [-0.3, -0.25) is 0 Å². The Kier molecular flexibility index (Phi) is 4.17. The van der Waals surface area contributed by atoms with Gasteiger partial charge in [0.15, 0.2) is 0 Å². The van der Waals surface area contributed by atoms with Crippen LogP contribution in [0.5, 0.6) is 5.88 Å². The number of hydrogen-bond donors (Lipinski definition) is 1. The second kappa shape index (κ2) is 5.84. The molecule has 0 saturated heterocycles. The van der Waals surface area contributed by atoms with E-state index < -0.39 is 5.97 Å². The highest BCUT2D eigenvalue weighted by Crippen LogP contribution is 2.17. The van der Waals surface area contributed by atoms with E-state index >= 15 is 0 Å². The number of carboxylic acid groups (broad SMARTS) is 1. The van der Waals surface area contributed by atoms with Crippen LogP contribution in [-0.2, 0) is 6.42 Å². The van der Waals surface area contributed by atoms with Crippen molar-refractivity contribution in [2.45, 2.75) is 6.42 Å². The predicted octanol–water partition coefficient (Wildman–Crippen LogP) is 3.12. The third-order valence-corrected chi connectivity index (χ3v) is 3.33. The largest absolute Gasteiger partial charge is 0.478 e. The topological polar surface area (TPSA) is 59.4 Å². The van der Waals surface area contributed by atoms with E-state index in [2.05, 4.69) is 4.98 Å². The number of thiophene rings is 1. The molecule has 2 aromatic heterocycles. The minimum Gasteiger partial charge on any atom is -0.478 e. The van der Waals surface area contributed by atoms with Crippen LogP contribution in [0.2, 0.25) is 5.15 Å². The third-order valence-electron chi connectivity index (χ3n) is 2.20. The zero-order valence-electron chi connectivity index (χ0n) is 9.30. The number of nitrogens with zero attached hydrogens (tertiary/aromatic N) is 1. The summed E-state index contributed by atoms with van der Waals surface area (Å²) in [7, 11) is 0. The van der Waals surface area contributed by atoms with Crippen LogP contribution in [0.1, 0.15) is 15.2 Å². The summed E-state index contributed by atoms with van der Waals surface area (Å²) < 4.78 is 5.40. The van der Waals surface area contributed by atoms with Gasteiger partial charge < -0.3 is 9.84 Å². The highest BCUT2D eigenvalue weighted by Gasteiger charge is 2.08. The zero-order chi connectivity index (χ0) is 13.0. The van der Waals surface area contributed by atoms with Crippen LogP contribution in [0.4, 0.5) is 0 Å². The quantitative estimate of drug-likeness (QED) is 0.857. The Morgan fingerprint density at radius 3 is 3.00 bits per heavy atom. The molecule has 0 bridgehead atoms. The van der Waals surface area contributed by atoms with Crippen molar-refractivity contribution in [3.63, 3.8) is 0 Å². The molecule has 0 aliphatic rings. The molecular formula is C12H10ClNO3S. The van der Waals surface area contributed by atoms with Crippen LogP contribution < -0.4 is 4.74 Å². The first-order chi connectivity index (χ1) is 8.65. The van der Waals surface area contributed by atoms with Gasteiger partial charge in [0.1, 0.15) is 5.15 Å². The summed E-state index contributed by atoms with van der Waals surface area (Å²) in [5.74, 6) is -0.820. The van der Waals surface area contributed by atoms with E-state index in [-0.39, 0.29) is 16.6 Å². The van der Waals surface area contributed by atoms with Crippen molar-refractivity contribution >= 4 is 28.9 Å². The highest BCUT2D eigenvalue weighted by molar-refractivity contribution is 7.09. The standard InChI is InChI=1S/C12H10ClNO3S/c13-10-6-8(12(15)16)7-11(14-10)17-4-3-9-2-1-5-18-9/h1-2,5-7H,3-4H2,(H,15,16). The Labute approximate surface area is 113 Å². The first-order valence-electron chi connectivity index (χ1n) is 5.21. The second-order valence-corrected chi connectivity index (χ2v) is 4.92. The fourth-order valence-electron chi connectivity index (χ4n) is 1.38. The maximum absolute atomic E-state index is 10.8. The minimum atomic E-state index is -1.05. The fraction of sp³-hybridized carbons (Fsp3) is 0.167. The number of aromatic nitrogens is 1. The monoisotopic (exact) mass is 283 g/mol. The summed E-state index contributed by atoms with van der Waals surface area (Å²) in [6.07, 6.45) is 0.758. The fourth-order valence-corrected chi connectivity index (χ4v) is 2.27. The Morgan fingerprint density at radius 1 is 1.50 bits per heavy atom. The molecule has 0 saturated carbocycles. The normalized spacial score (nSPS) is 10.3. The van der Waals surface area contributed by atoms with E-state index in [1.807, 2.05) is 17.5 Å². The number of hydrogen-bond acceptors (Lipinski definition) is 4. The molecule has 0 aromatic carbocycles. The van der Waals surface area contributed by atoms with E-state index in [9.17, 15) is 4.79 Å². The van der Waals surface area contributed by atoms with Gasteiger partial charge in [-0.15, -0.1) is 11.3 Å². The molecule has 0 unspecified atom stereocenters. The molecule has 0 amide bonds. The lowest BCUT2D eigenvalue weighted by molar-refractivity contribution is 0.0696. The predicted molar refractivity (Wildman–Crippen MR) is 69.7 cm³/mol. The van der Waals surface area contributed by atoms with Crippen LogP contribution in [0.25, 0.3) is 0 Å². The van der Waals surface area contributed by atoms with Crippen molar-refractivity contribution in [2.24, 2.45) is 0 Å². The van der Waals surface area contributed by atoms with Crippen molar-refractivity contribution < 1.29 is 14.6 Å². The third kappa shape index (κ3) is 3.45. The van der Waals surface area contributed by atoms with Crippen LogP contribution in [0.15, 0.2) is 29.6 Å². The van der Waals surface area contributed by atoms with Crippen LogP contribution in [0, 0.1) is 0 Å². The summed E-state index contributed by atoms with van der Waals surface area (Å²) in [5, 5.41) is 11.0. The summed E-state index contributed by atoms with van der Waals surface area (Å²) in [4.78, 5) is 15.9. The Morgan fingerprint density at radius 2 is 2.33 bits per heavy atom. The molecule has 0 radical (unpaired) electrons. The van der Waals surface area contributed by atoms with Gasteiger partial charge in [-0.1, -0.05) is 17.7 Å². The molecule has 2 heterocycles. The van der Waals surface area contributed by atoms with Gasteiger partial charge in [0.05, 0.1) is 12.2 Å². The first-order valence-corrected chi connectivity index (χ1v) is 6.47. The van der Waals surface area contributed by atoms with E-state index in [1.165, 1.54) is 17.0 Å². The van der Waals surface area contributed by atoms with E-state index in [4.69, 9.17) is 21.4 Å². The smallest absolute Gasteiger partial charge is 0.335 e. The molecule has 2 aromatic rings. The molecule has 6 heteroatoms. The summed E-state index contributed by atoms with van der Waals surface area (Å²) >= 11 is 7.37. The van der Waals surface area contributed by atoms with E-state index in [1.54, 1.807) is 11.3 Å². The van der Waals surface area contributed by atoms with Gasteiger partial charge in [0, 0.05) is 17.4 Å². The van der Waals surface area contributed by atoms with Gasteiger partial charge >= 0.3 is 5.97 Å². The van der Waals surface area contributed by atoms with Crippen molar-refractivity contribution in [3.05, 3.63) is 45.2 Å². The Balaban J connectivity index is 1.98. The van der Waals surface area contributed by atoms with Gasteiger partial charge in [-0.05, 0) is 17.5 Å². The average Bonchev–Trinajstić information content (AvgIpc) is 2.81. The lowest BCUT2D eigenvalue weighted by Crippen LogP contribution is -2.04. The van der Waals surface area contributed by atoms with Crippen LogP contribution >= 0.6 is 22.9 Å². The van der Waals surface area contributed by atoms with E-state index in [0.717, 1.165) is 6.42 Å². The number of halogens is 1. The number of carbonyl (C=O) groups is 1. The maximum atomic E-state index is 10.8. The maximum Gasteiger partial charge on any atom is 0.335 e. The van der Waals surface area contributed by atoms with Crippen molar-refractivity contribution in [1.82, 2.24) is 4.98 Å². The highest BCUT2D eigenvalue weighted by atomic mass is 35.5. The number of carboxylic acids is 1. The van der Waals surface area contributed by atoms with Gasteiger partial charge in [-0.2, -0.15) is 0 Å². The first kappa shape index (κ1) is 12.9. The van der Waals surface area contributed by atoms with Crippen LogP contribution in [-0.4, -0.2) is 22.7 Å². The molecule has 94 valence electrons. The number of ether oxygens (including phenoxy) is 1. The molecule has 0 spiro atoms. The summed E-state index contributed by atoms with van der Waals surface area (Å²) in [6, 6.07) is 6.64. The average molecular weight is 284 g/mol. The van der Waals surface area contributed by atoms with Crippen LogP contribution in [0.3, 0.4) is 0 Å². The molecule has 18 heavy (non-hydrogen) atoms. The number of pyridine rings is 1. The van der Waals surface area contributed by atoms with Gasteiger partial charge in [-0.25, -0.2) is 9.78 Å².